The monoisotopic (exact) mass is 444 g/mol. The first kappa shape index (κ1) is 20.9. The van der Waals surface area contributed by atoms with Crippen molar-refractivity contribution in [3.63, 3.8) is 0 Å². The summed E-state index contributed by atoms with van der Waals surface area (Å²) in [5.41, 5.74) is 1.31. The number of thiazole rings is 1. The lowest BCUT2D eigenvalue weighted by molar-refractivity contribution is 0.0627. The molecule has 3 heterocycles. The summed E-state index contributed by atoms with van der Waals surface area (Å²) in [4.78, 5) is 35.0. The smallest absolute Gasteiger partial charge is 0.258 e. The number of hydrogen-bond acceptors (Lipinski definition) is 6. The van der Waals surface area contributed by atoms with Gasteiger partial charge in [0.25, 0.3) is 11.5 Å². The minimum Gasteiger partial charge on any atom is -0.336 e. The van der Waals surface area contributed by atoms with Gasteiger partial charge in [-0.3, -0.25) is 23.1 Å². The standard InChI is InChI=1S/C21H24N4O3S2/c1-15(2)30(28)18-5-3-16(4-6-18)20(27)24-9-7-23(8-10-24)14-17-13-19(26)25-11-12-29-21(25)22-17/h3-6,11-13,15H,7-10,14H2,1-2H3. The maximum Gasteiger partial charge on any atom is 0.258 e. The van der Waals surface area contributed by atoms with Gasteiger partial charge in [0.05, 0.1) is 16.5 Å². The van der Waals surface area contributed by atoms with Crippen molar-refractivity contribution in [2.24, 2.45) is 0 Å². The van der Waals surface area contributed by atoms with E-state index in [0.717, 1.165) is 23.7 Å². The fourth-order valence-corrected chi connectivity index (χ4v) is 5.18. The first-order valence-electron chi connectivity index (χ1n) is 9.90. The summed E-state index contributed by atoms with van der Waals surface area (Å²) in [7, 11) is -1.05. The molecule has 1 aliphatic rings. The van der Waals surface area contributed by atoms with Gasteiger partial charge in [-0.1, -0.05) is 13.8 Å². The van der Waals surface area contributed by atoms with Crippen LogP contribution in [-0.4, -0.2) is 60.7 Å². The topological polar surface area (TPSA) is 75.0 Å². The highest BCUT2D eigenvalue weighted by molar-refractivity contribution is 7.85. The summed E-state index contributed by atoms with van der Waals surface area (Å²) in [6, 6.07) is 8.67. The average molecular weight is 445 g/mol. The second kappa shape index (κ2) is 8.79. The second-order valence-electron chi connectivity index (χ2n) is 7.58. The molecule has 0 N–H and O–H groups in total. The molecule has 0 spiro atoms. The number of benzene rings is 1. The van der Waals surface area contributed by atoms with E-state index in [0.29, 0.717) is 30.2 Å². The molecule has 158 valence electrons. The minimum atomic E-state index is -1.05. The van der Waals surface area contributed by atoms with E-state index in [4.69, 9.17) is 0 Å². The number of amides is 1. The van der Waals surface area contributed by atoms with Crippen molar-refractivity contribution in [3.8, 4) is 0 Å². The summed E-state index contributed by atoms with van der Waals surface area (Å²) in [5.74, 6) is -0.00657. The molecule has 0 aliphatic carbocycles. The average Bonchev–Trinajstić information content (AvgIpc) is 3.22. The van der Waals surface area contributed by atoms with Gasteiger partial charge in [0.15, 0.2) is 4.96 Å². The Balaban J connectivity index is 1.36. The SMILES string of the molecule is CC(C)S(=O)c1ccc(C(=O)N2CCN(Cc3cc(=O)n4ccsc4n3)CC2)cc1. The molecule has 1 fully saturated rings. The number of carbonyl (C=O) groups excluding carboxylic acids is 1. The van der Waals surface area contributed by atoms with E-state index >= 15 is 0 Å². The highest BCUT2D eigenvalue weighted by Gasteiger charge is 2.23. The number of piperazine rings is 1. The van der Waals surface area contributed by atoms with Gasteiger partial charge in [-0.25, -0.2) is 4.98 Å². The van der Waals surface area contributed by atoms with E-state index < -0.39 is 10.8 Å². The molecule has 1 amide bonds. The lowest BCUT2D eigenvalue weighted by Gasteiger charge is -2.34. The van der Waals surface area contributed by atoms with E-state index in [1.54, 1.807) is 40.9 Å². The first-order chi connectivity index (χ1) is 14.4. The van der Waals surface area contributed by atoms with E-state index in [2.05, 4.69) is 9.88 Å². The molecule has 1 atom stereocenters. The zero-order chi connectivity index (χ0) is 21.3. The maximum absolute atomic E-state index is 12.8. The predicted octanol–water partition coefficient (Wildman–Crippen LogP) is 2.23. The molecule has 0 radical (unpaired) electrons. The molecule has 1 unspecified atom stereocenters. The summed E-state index contributed by atoms with van der Waals surface area (Å²) in [6.45, 7) is 7.14. The number of fused-ring (bicyclic) bond motifs is 1. The lowest BCUT2D eigenvalue weighted by atomic mass is 10.2. The van der Waals surface area contributed by atoms with Gasteiger partial charge in [-0.15, -0.1) is 11.3 Å². The summed E-state index contributed by atoms with van der Waals surface area (Å²) in [5, 5.41) is 1.90. The fourth-order valence-electron chi connectivity index (χ4n) is 3.49. The number of rotatable bonds is 5. The third kappa shape index (κ3) is 4.38. The van der Waals surface area contributed by atoms with Crippen LogP contribution in [0.3, 0.4) is 0 Å². The zero-order valence-electron chi connectivity index (χ0n) is 17.0. The van der Waals surface area contributed by atoms with Crippen molar-refractivity contribution in [2.75, 3.05) is 26.2 Å². The Bertz CT molecular complexity index is 1130. The Morgan fingerprint density at radius 1 is 1.17 bits per heavy atom. The molecule has 1 aromatic carbocycles. The van der Waals surface area contributed by atoms with Gasteiger partial charge >= 0.3 is 0 Å². The number of aromatic nitrogens is 2. The van der Waals surface area contributed by atoms with Gasteiger partial charge in [0.1, 0.15) is 0 Å². The van der Waals surface area contributed by atoms with Crippen molar-refractivity contribution in [2.45, 2.75) is 30.5 Å². The Hall–Kier alpha value is -2.36. The van der Waals surface area contributed by atoms with Gasteiger partial charge in [-0.2, -0.15) is 0 Å². The first-order valence-corrected chi connectivity index (χ1v) is 12.0. The Morgan fingerprint density at radius 2 is 1.87 bits per heavy atom. The van der Waals surface area contributed by atoms with Crippen LogP contribution in [0.25, 0.3) is 4.96 Å². The van der Waals surface area contributed by atoms with Gasteiger partial charge in [0.2, 0.25) is 0 Å². The van der Waals surface area contributed by atoms with Gasteiger partial charge in [0, 0.05) is 66.1 Å². The molecular weight excluding hydrogens is 420 g/mol. The van der Waals surface area contributed by atoms with Crippen LogP contribution in [0.1, 0.15) is 29.9 Å². The summed E-state index contributed by atoms with van der Waals surface area (Å²) >= 11 is 1.45. The van der Waals surface area contributed by atoms with Crippen LogP contribution in [0.15, 0.2) is 51.6 Å². The lowest BCUT2D eigenvalue weighted by Crippen LogP contribution is -2.48. The third-order valence-electron chi connectivity index (χ3n) is 5.16. The van der Waals surface area contributed by atoms with Crippen molar-refractivity contribution in [1.82, 2.24) is 19.2 Å². The number of carbonyl (C=O) groups is 1. The van der Waals surface area contributed by atoms with Gasteiger partial charge in [-0.05, 0) is 24.3 Å². The van der Waals surface area contributed by atoms with E-state index in [-0.39, 0.29) is 16.7 Å². The van der Waals surface area contributed by atoms with E-state index in [1.165, 1.54) is 11.3 Å². The normalized spacial score (nSPS) is 16.3. The van der Waals surface area contributed by atoms with Crippen LogP contribution in [0.5, 0.6) is 0 Å². The van der Waals surface area contributed by atoms with E-state index in [1.807, 2.05) is 24.1 Å². The molecule has 4 rings (SSSR count). The second-order valence-corrected chi connectivity index (χ2v) is 10.5. The Morgan fingerprint density at radius 3 is 2.53 bits per heavy atom. The predicted molar refractivity (Wildman–Crippen MR) is 119 cm³/mol. The summed E-state index contributed by atoms with van der Waals surface area (Å²) < 4.78 is 13.7. The summed E-state index contributed by atoms with van der Waals surface area (Å²) in [6.07, 6.45) is 1.73. The Labute approximate surface area is 181 Å². The van der Waals surface area contributed by atoms with Crippen molar-refractivity contribution >= 4 is 33.0 Å². The molecule has 9 heteroatoms. The molecule has 1 aliphatic heterocycles. The molecule has 1 saturated heterocycles. The zero-order valence-corrected chi connectivity index (χ0v) is 18.6. The molecule has 7 nitrogen and oxygen atoms in total. The van der Waals surface area contributed by atoms with Crippen molar-refractivity contribution in [1.29, 1.82) is 0 Å². The van der Waals surface area contributed by atoms with Crippen molar-refractivity contribution in [3.05, 3.63) is 63.5 Å². The highest BCUT2D eigenvalue weighted by atomic mass is 32.2. The van der Waals surface area contributed by atoms with E-state index in [9.17, 15) is 13.8 Å². The fraction of sp³-hybridized carbons (Fsp3) is 0.381. The van der Waals surface area contributed by atoms with Crippen LogP contribution in [0.4, 0.5) is 0 Å². The van der Waals surface area contributed by atoms with Crippen LogP contribution in [0, 0.1) is 0 Å². The minimum absolute atomic E-state index is 0.00657. The van der Waals surface area contributed by atoms with Crippen LogP contribution < -0.4 is 5.56 Å². The largest absolute Gasteiger partial charge is 0.336 e. The Kier molecular flexibility index (Phi) is 6.12. The molecule has 0 saturated carbocycles. The number of nitrogens with zero attached hydrogens (tertiary/aromatic N) is 4. The number of hydrogen-bond donors (Lipinski definition) is 0. The van der Waals surface area contributed by atoms with Gasteiger partial charge < -0.3 is 4.90 Å². The molecule has 0 bridgehead atoms. The molecule has 30 heavy (non-hydrogen) atoms. The van der Waals surface area contributed by atoms with Crippen molar-refractivity contribution < 1.29 is 9.00 Å². The van der Waals surface area contributed by atoms with Crippen LogP contribution in [0.2, 0.25) is 0 Å². The molecule has 2 aromatic heterocycles. The molecular formula is C21H24N4O3S2. The third-order valence-corrected chi connectivity index (χ3v) is 7.51. The maximum atomic E-state index is 12.8. The highest BCUT2D eigenvalue weighted by Crippen LogP contribution is 2.16. The van der Waals surface area contributed by atoms with Crippen LogP contribution in [-0.2, 0) is 17.3 Å². The van der Waals surface area contributed by atoms with Crippen LogP contribution >= 0.6 is 11.3 Å². The quantitative estimate of drug-likeness (QED) is 0.603. The molecule has 3 aromatic rings.